The van der Waals surface area contributed by atoms with Crippen LogP contribution in [0.4, 0.5) is 4.39 Å². The number of aliphatic carboxylic acids is 1. The van der Waals surface area contributed by atoms with Gasteiger partial charge in [0.15, 0.2) is 0 Å². The van der Waals surface area contributed by atoms with Crippen LogP contribution < -0.4 is 4.74 Å². The van der Waals surface area contributed by atoms with Crippen LogP contribution in [0, 0.1) is 17.1 Å². The lowest BCUT2D eigenvalue weighted by molar-refractivity contribution is -0.131. The third-order valence-electron chi connectivity index (χ3n) is 2.62. The maximum absolute atomic E-state index is 13.8. The van der Waals surface area contributed by atoms with Crippen LogP contribution in [0.15, 0.2) is 48.5 Å². The molecular weight excluding hydrogens is 273 g/mol. The molecule has 5 heteroatoms. The molecule has 21 heavy (non-hydrogen) atoms. The van der Waals surface area contributed by atoms with E-state index in [4.69, 9.17) is 15.1 Å². The van der Waals surface area contributed by atoms with E-state index in [1.54, 1.807) is 24.3 Å². The van der Waals surface area contributed by atoms with E-state index in [1.807, 2.05) is 6.07 Å². The van der Waals surface area contributed by atoms with Gasteiger partial charge in [-0.15, -0.1) is 0 Å². The van der Waals surface area contributed by atoms with Crippen LogP contribution in [0.25, 0.3) is 6.08 Å². The lowest BCUT2D eigenvalue weighted by Gasteiger charge is -2.09. The van der Waals surface area contributed by atoms with Gasteiger partial charge in [-0.3, -0.25) is 0 Å². The zero-order valence-corrected chi connectivity index (χ0v) is 10.8. The Morgan fingerprint density at radius 2 is 1.95 bits per heavy atom. The Balaban J connectivity index is 2.33. The molecule has 0 saturated heterocycles. The molecule has 0 amide bonds. The number of nitrogens with zero attached hydrogens (tertiary/aromatic N) is 1. The predicted octanol–water partition coefficient (Wildman–Crippen LogP) is 3.59. The van der Waals surface area contributed by atoms with E-state index < -0.39 is 11.8 Å². The molecule has 1 N–H and O–H groups in total. The minimum absolute atomic E-state index is 0.0456. The fraction of sp³-hybridized carbons (Fsp3) is 0. The summed E-state index contributed by atoms with van der Waals surface area (Å²) in [4.78, 5) is 10.5. The number of nitriles is 1. The van der Waals surface area contributed by atoms with E-state index in [0.717, 1.165) is 12.2 Å². The average molecular weight is 283 g/mol. The van der Waals surface area contributed by atoms with Crippen molar-refractivity contribution in [2.45, 2.75) is 0 Å². The maximum Gasteiger partial charge on any atom is 0.328 e. The van der Waals surface area contributed by atoms with Gasteiger partial charge in [0.2, 0.25) is 0 Å². The molecular formula is C16H10FNO3. The number of benzene rings is 2. The quantitative estimate of drug-likeness (QED) is 0.870. The molecule has 0 saturated carbocycles. The summed E-state index contributed by atoms with van der Waals surface area (Å²) in [7, 11) is 0. The topological polar surface area (TPSA) is 70.3 Å². The van der Waals surface area contributed by atoms with Crippen molar-refractivity contribution >= 4 is 12.0 Å². The number of carbonyl (C=O) groups is 1. The summed E-state index contributed by atoms with van der Waals surface area (Å²) in [6.07, 6.45) is 1.97. The normalized spacial score (nSPS) is 10.3. The Morgan fingerprint density at radius 3 is 2.57 bits per heavy atom. The molecule has 4 nitrogen and oxygen atoms in total. The van der Waals surface area contributed by atoms with E-state index >= 15 is 0 Å². The van der Waals surface area contributed by atoms with Crippen LogP contribution in [-0.4, -0.2) is 11.1 Å². The van der Waals surface area contributed by atoms with Gasteiger partial charge in [-0.2, -0.15) is 5.26 Å². The number of rotatable bonds is 4. The SMILES string of the molecule is N#Cc1ccc(Oc2cccc(F)c2/C=C/C(=O)O)cc1. The summed E-state index contributed by atoms with van der Waals surface area (Å²) >= 11 is 0. The third-order valence-corrected chi connectivity index (χ3v) is 2.62. The monoisotopic (exact) mass is 283 g/mol. The van der Waals surface area contributed by atoms with Gasteiger partial charge in [0.1, 0.15) is 17.3 Å². The Kier molecular flexibility index (Phi) is 4.32. The van der Waals surface area contributed by atoms with Crippen molar-refractivity contribution in [3.63, 3.8) is 0 Å². The van der Waals surface area contributed by atoms with Crippen molar-refractivity contribution in [1.82, 2.24) is 0 Å². The zero-order valence-electron chi connectivity index (χ0n) is 10.8. The van der Waals surface area contributed by atoms with Gasteiger partial charge >= 0.3 is 5.97 Å². The highest BCUT2D eigenvalue weighted by molar-refractivity contribution is 5.86. The number of hydrogen-bond acceptors (Lipinski definition) is 3. The second-order valence-electron chi connectivity index (χ2n) is 4.06. The summed E-state index contributed by atoms with van der Waals surface area (Å²) in [5.74, 6) is -1.15. The summed E-state index contributed by atoms with van der Waals surface area (Å²) in [6.45, 7) is 0. The summed E-state index contributed by atoms with van der Waals surface area (Å²) < 4.78 is 19.3. The first kappa shape index (κ1) is 14.3. The molecule has 2 rings (SSSR count). The number of carboxylic acids is 1. The molecule has 104 valence electrons. The van der Waals surface area contributed by atoms with Gasteiger partial charge in [-0.05, 0) is 42.5 Å². The molecule has 0 spiro atoms. The fourth-order valence-corrected chi connectivity index (χ4v) is 1.65. The van der Waals surface area contributed by atoms with Crippen LogP contribution in [-0.2, 0) is 4.79 Å². The Morgan fingerprint density at radius 1 is 1.24 bits per heavy atom. The van der Waals surface area contributed by atoms with Gasteiger partial charge in [-0.1, -0.05) is 6.07 Å². The minimum Gasteiger partial charge on any atom is -0.478 e. The number of carboxylic acid groups (broad SMARTS) is 1. The molecule has 0 unspecified atom stereocenters. The number of halogens is 1. The zero-order chi connectivity index (χ0) is 15.2. The first-order chi connectivity index (χ1) is 10.1. The molecule has 0 atom stereocenters. The van der Waals surface area contributed by atoms with Crippen molar-refractivity contribution < 1.29 is 19.0 Å². The van der Waals surface area contributed by atoms with E-state index in [-0.39, 0.29) is 11.3 Å². The smallest absolute Gasteiger partial charge is 0.328 e. The van der Waals surface area contributed by atoms with Crippen LogP contribution >= 0.6 is 0 Å². The third kappa shape index (κ3) is 3.67. The van der Waals surface area contributed by atoms with Gasteiger partial charge in [0, 0.05) is 6.08 Å². The highest BCUT2D eigenvalue weighted by atomic mass is 19.1. The van der Waals surface area contributed by atoms with Crippen molar-refractivity contribution in [2.75, 3.05) is 0 Å². The standard InChI is InChI=1S/C16H10FNO3/c17-14-2-1-3-15(13(14)8-9-16(19)20)21-12-6-4-11(10-18)5-7-12/h1-9H,(H,19,20)/b9-8+. The Hall–Kier alpha value is -3.13. The predicted molar refractivity (Wildman–Crippen MR) is 74.3 cm³/mol. The van der Waals surface area contributed by atoms with Crippen molar-refractivity contribution in [3.8, 4) is 17.6 Å². The molecule has 0 bridgehead atoms. The van der Waals surface area contributed by atoms with Gasteiger partial charge in [0.05, 0.1) is 17.2 Å². The molecule has 2 aromatic rings. The van der Waals surface area contributed by atoms with Gasteiger partial charge < -0.3 is 9.84 Å². The first-order valence-electron chi connectivity index (χ1n) is 5.97. The molecule has 0 fully saturated rings. The van der Waals surface area contributed by atoms with E-state index in [9.17, 15) is 9.18 Å². The fourth-order valence-electron chi connectivity index (χ4n) is 1.65. The molecule has 0 aliphatic carbocycles. The Labute approximate surface area is 120 Å². The first-order valence-corrected chi connectivity index (χ1v) is 5.97. The molecule has 0 aliphatic heterocycles. The lowest BCUT2D eigenvalue weighted by atomic mass is 10.1. The molecule has 0 heterocycles. The van der Waals surface area contributed by atoms with Crippen LogP contribution in [0.1, 0.15) is 11.1 Å². The highest BCUT2D eigenvalue weighted by Crippen LogP contribution is 2.28. The maximum atomic E-state index is 13.8. The average Bonchev–Trinajstić information content (AvgIpc) is 2.47. The largest absolute Gasteiger partial charge is 0.478 e. The molecule has 0 radical (unpaired) electrons. The molecule has 0 aromatic heterocycles. The van der Waals surface area contributed by atoms with Crippen LogP contribution in [0.5, 0.6) is 11.5 Å². The van der Waals surface area contributed by atoms with Gasteiger partial charge in [-0.25, -0.2) is 9.18 Å². The number of ether oxygens (including phenoxy) is 1. The lowest BCUT2D eigenvalue weighted by Crippen LogP contribution is -1.92. The second kappa shape index (κ2) is 6.35. The Bertz CT molecular complexity index is 730. The van der Waals surface area contributed by atoms with Crippen LogP contribution in [0.2, 0.25) is 0 Å². The molecule has 2 aromatic carbocycles. The minimum atomic E-state index is -1.18. The highest BCUT2D eigenvalue weighted by Gasteiger charge is 2.08. The van der Waals surface area contributed by atoms with Crippen molar-refractivity contribution in [2.24, 2.45) is 0 Å². The van der Waals surface area contributed by atoms with E-state index in [0.29, 0.717) is 11.3 Å². The molecule has 0 aliphatic rings. The summed E-state index contributed by atoms with van der Waals surface area (Å²) in [5.41, 5.74) is 0.525. The van der Waals surface area contributed by atoms with E-state index in [1.165, 1.54) is 18.2 Å². The van der Waals surface area contributed by atoms with E-state index in [2.05, 4.69) is 0 Å². The number of hydrogen-bond donors (Lipinski definition) is 1. The summed E-state index contributed by atoms with van der Waals surface area (Å²) in [6, 6.07) is 12.5. The van der Waals surface area contributed by atoms with Crippen molar-refractivity contribution in [1.29, 1.82) is 5.26 Å². The van der Waals surface area contributed by atoms with Crippen molar-refractivity contribution in [3.05, 3.63) is 65.5 Å². The second-order valence-corrected chi connectivity index (χ2v) is 4.06. The van der Waals surface area contributed by atoms with Gasteiger partial charge in [0.25, 0.3) is 0 Å². The summed E-state index contributed by atoms with van der Waals surface area (Å²) in [5, 5.41) is 17.3. The van der Waals surface area contributed by atoms with Crippen LogP contribution in [0.3, 0.4) is 0 Å².